The van der Waals surface area contributed by atoms with Crippen molar-refractivity contribution in [3.8, 4) is 0 Å². The van der Waals surface area contributed by atoms with Crippen LogP contribution >= 0.6 is 11.6 Å². The van der Waals surface area contributed by atoms with Crippen molar-refractivity contribution in [2.24, 2.45) is 0 Å². The number of likely N-dealkylation sites (N-methyl/N-ethyl adjacent to an activating group) is 1. The van der Waals surface area contributed by atoms with Crippen molar-refractivity contribution in [1.29, 1.82) is 0 Å². The van der Waals surface area contributed by atoms with Crippen molar-refractivity contribution in [2.45, 2.75) is 25.6 Å². The highest BCUT2D eigenvalue weighted by Gasteiger charge is 2.18. The normalized spacial score (nSPS) is 19.6. The fraction of sp³-hybridized carbons (Fsp3) is 0.538. The molecule has 1 heterocycles. The molecule has 0 aromatic heterocycles. The summed E-state index contributed by atoms with van der Waals surface area (Å²) >= 11 is 5.99. The third-order valence-electron chi connectivity index (χ3n) is 3.13. The molecular formula is C13H18ClNO2. The van der Waals surface area contributed by atoms with Gasteiger partial charge in [0.15, 0.2) is 0 Å². The molecule has 1 aliphatic rings. The van der Waals surface area contributed by atoms with Crippen LogP contribution in [0, 0.1) is 0 Å². The van der Waals surface area contributed by atoms with Crippen LogP contribution < -0.4 is 4.90 Å². The summed E-state index contributed by atoms with van der Waals surface area (Å²) in [6.45, 7) is 1.73. The zero-order chi connectivity index (χ0) is 12.3. The maximum atomic E-state index is 9.32. The predicted octanol–water partition coefficient (Wildman–Crippen LogP) is 2.45. The Balaban J connectivity index is 2.11. The Morgan fingerprint density at radius 1 is 1.53 bits per heavy atom. The van der Waals surface area contributed by atoms with Gasteiger partial charge in [0.05, 0.1) is 12.7 Å². The third-order valence-corrected chi connectivity index (χ3v) is 3.37. The number of benzene rings is 1. The van der Waals surface area contributed by atoms with Crippen LogP contribution in [0.3, 0.4) is 0 Å². The molecule has 17 heavy (non-hydrogen) atoms. The number of nitrogens with zero attached hydrogens (tertiary/aromatic N) is 1. The lowest BCUT2D eigenvalue weighted by atomic mass is 10.1. The zero-order valence-corrected chi connectivity index (χ0v) is 10.8. The molecule has 0 bridgehead atoms. The maximum absolute atomic E-state index is 9.32. The molecule has 2 rings (SSSR count). The Bertz CT molecular complexity index is 378. The number of rotatable bonds is 4. The standard InChI is InChI=1S/C13H18ClNO2/c1-15(8-12-3-2-6-17-12)13-7-11(14)5-4-10(13)9-16/h4-5,7,12,16H,2-3,6,8-9H2,1H3. The van der Waals surface area contributed by atoms with Gasteiger partial charge in [0, 0.05) is 36.5 Å². The van der Waals surface area contributed by atoms with E-state index in [0.29, 0.717) is 11.1 Å². The average Bonchev–Trinajstić information content (AvgIpc) is 2.81. The molecule has 1 unspecified atom stereocenters. The van der Waals surface area contributed by atoms with E-state index in [1.165, 1.54) is 0 Å². The first-order valence-corrected chi connectivity index (χ1v) is 6.30. The summed E-state index contributed by atoms with van der Waals surface area (Å²) in [6, 6.07) is 5.56. The lowest BCUT2D eigenvalue weighted by Crippen LogP contribution is -2.29. The second-order valence-electron chi connectivity index (χ2n) is 4.45. The smallest absolute Gasteiger partial charge is 0.0750 e. The molecule has 3 nitrogen and oxygen atoms in total. The van der Waals surface area contributed by atoms with Crippen LogP contribution in [0.5, 0.6) is 0 Å². The minimum absolute atomic E-state index is 0.0301. The van der Waals surface area contributed by atoms with Crippen molar-refractivity contribution in [2.75, 3.05) is 25.1 Å². The Morgan fingerprint density at radius 3 is 3.00 bits per heavy atom. The second-order valence-corrected chi connectivity index (χ2v) is 4.88. The molecule has 0 amide bonds. The van der Waals surface area contributed by atoms with Gasteiger partial charge in [-0.3, -0.25) is 0 Å². The van der Waals surface area contributed by atoms with E-state index in [1.54, 1.807) is 6.07 Å². The first kappa shape index (κ1) is 12.7. The van der Waals surface area contributed by atoms with E-state index < -0.39 is 0 Å². The van der Waals surface area contributed by atoms with Crippen molar-refractivity contribution < 1.29 is 9.84 Å². The van der Waals surface area contributed by atoms with Crippen LogP contribution in [0.25, 0.3) is 0 Å². The molecular weight excluding hydrogens is 238 g/mol. The lowest BCUT2D eigenvalue weighted by Gasteiger charge is -2.25. The van der Waals surface area contributed by atoms with Crippen LogP contribution in [0.4, 0.5) is 5.69 Å². The fourth-order valence-corrected chi connectivity index (χ4v) is 2.38. The first-order valence-electron chi connectivity index (χ1n) is 5.92. The van der Waals surface area contributed by atoms with Gasteiger partial charge >= 0.3 is 0 Å². The van der Waals surface area contributed by atoms with Gasteiger partial charge in [-0.1, -0.05) is 17.7 Å². The number of aliphatic hydroxyl groups is 1. The van der Waals surface area contributed by atoms with E-state index >= 15 is 0 Å². The van der Waals surface area contributed by atoms with Gasteiger partial charge in [-0.05, 0) is 25.0 Å². The van der Waals surface area contributed by atoms with Crippen molar-refractivity contribution >= 4 is 17.3 Å². The Labute approximate surface area is 107 Å². The zero-order valence-electron chi connectivity index (χ0n) is 10.0. The molecule has 1 atom stereocenters. The van der Waals surface area contributed by atoms with Gasteiger partial charge in [0.2, 0.25) is 0 Å². The monoisotopic (exact) mass is 255 g/mol. The summed E-state index contributed by atoms with van der Waals surface area (Å²) in [4.78, 5) is 2.10. The summed E-state index contributed by atoms with van der Waals surface area (Å²) in [7, 11) is 2.01. The number of aliphatic hydroxyl groups excluding tert-OH is 1. The van der Waals surface area contributed by atoms with Gasteiger partial charge in [-0.15, -0.1) is 0 Å². The molecule has 94 valence electrons. The van der Waals surface area contributed by atoms with E-state index in [9.17, 15) is 5.11 Å². The van der Waals surface area contributed by atoms with Crippen molar-refractivity contribution in [3.05, 3.63) is 28.8 Å². The van der Waals surface area contributed by atoms with Gasteiger partial charge in [-0.2, -0.15) is 0 Å². The van der Waals surface area contributed by atoms with Gasteiger partial charge < -0.3 is 14.7 Å². The van der Waals surface area contributed by atoms with Crippen molar-refractivity contribution in [3.63, 3.8) is 0 Å². The molecule has 1 aliphatic heterocycles. The maximum Gasteiger partial charge on any atom is 0.0750 e. The summed E-state index contributed by atoms with van der Waals surface area (Å²) < 4.78 is 5.61. The highest BCUT2D eigenvalue weighted by atomic mass is 35.5. The van der Waals surface area contributed by atoms with Crippen LogP contribution in [0.2, 0.25) is 5.02 Å². The van der Waals surface area contributed by atoms with Gasteiger partial charge in [-0.25, -0.2) is 0 Å². The van der Waals surface area contributed by atoms with Crippen LogP contribution in [0.15, 0.2) is 18.2 Å². The highest BCUT2D eigenvalue weighted by Crippen LogP contribution is 2.25. The number of halogens is 1. The second kappa shape index (κ2) is 5.71. The molecule has 0 spiro atoms. The van der Waals surface area contributed by atoms with Crippen LogP contribution in [0.1, 0.15) is 18.4 Å². The SMILES string of the molecule is CN(CC1CCCO1)c1cc(Cl)ccc1CO. The van der Waals surface area contributed by atoms with Gasteiger partial charge in [0.1, 0.15) is 0 Å². The van der Waals surface area contributed by atoms with E-state index in [0.717, 1.165) is 37.2 Å². The van der Waals surface area contributed by atoms with E-state index in [1.807, 2.05) is 19.2 Å². The van der Waals surface area contributed by atoms with Crippen LogP contribution in [-0.4, -0.2) is 31.4 Å². The number of ether oxygens (including phenoxy) is 1. The largest absolute Gasteiger partial charge is 0.392 e. The molecule has 1 aromatic carbocycles. The number of hydrogen-bond acceptors (Lipinski definition) is 3. The minimum atomic E-state index is 0.0301. The first-order chi connectivity index (χ1) is 8.20. The molecule has 1 aromatic rings. The Hall–Kier alpha value is -0.770. The molecule has 0 saturated carbocycles. The molecule has 0 radical (unpaired) electrons. The van der Waals surface area contributed by atoms with Crippen LogP contribution in [-0.2, 0) is 11.3 Å². The van der Waals surface area contributed by atoms with E-state index in [4.69, 9.17) is 16.3 Å². The molecule has 1 saturated heterocycles. The van der Waals surface area contributed by atoms with Crippen molar-refractivity contribution in [1.82, 2.24) is 0 Å². The quantitative estimate of drug-likeness (QED) is 0.897. The average molecular weight is 256 g/mol. The molecule has 4 heteroatoms. The fourth-order valence-electron chi connectivity index (χ4n) is 2.22. The minimum Gasteiger partial charge on any atom is -0.392 e. The summed E-state index contributed by atoms with van der Waals surface area (Å²) in [5.74, 6) is 0. The topological polar surface area (TPSA) is 32.7 Å². The summed E-state index contributed by atoms with van der Waals surface area (Å²) in [6.07, 6.45) is 2.55. The highest BCUT2D eigenvalue weighted by molar-refractivity contribution is 6.30. The third kappa shape index (κ3) is 3.12. The molecule has 0 aliphatic carbocycles. The van der Waals surface area contributed by atoms with E-state index in [-0.39, 0.29) is 6.61 Å². The van der Waals surface area contributed by atoms with E-state index in [2.05, 4.69) is 4.90 Å². The molecule has 1 N–H and O–H groups in total. The van der Waals surface area contributed by atoms with Gasteiger partial charge in [0.25, 0.3) is 0 Å². The lowest BCUT2D eigenvalue weighted by molar-refractivity contribution is 0.116. The Kier molecular flexibility index (Phi) is 4.26. The number of hydrogen-bond donors (Lipinski definition) is 1. The number of anilines is 1. The molecule has 1 fully saturated rings. The summed E-state index contributed by atoms with van der Waals surface area (Å²) in [5.41, 5.74) is 1.88. The Morgan fingerprint density at radius 2 is 2.35 bits per heavy atom. The summed E-state index contributed by atoms with van der Waals surface area (Å²) in [5, 5.41) is 10.0. The predicted molar refractivity (Wildman–Crippen MR) is 69.6 cm³/mol.